The van der Waals surface area contributed by atoms with Crippen molar-refractivity contribution in [3.63, 3.8) is 0 Å². The molecule has 0 aliphatic heterocycles. The number of ether oxygens (including phenoxy) is 1. The lowest BCUT2D eigenvalue weighted by Crippen LogP contribution is -2.13. The largest absolute Gasteiger partial charge is 0.715 e. The van der Waals surface area contributed by atoms with E-state index >= 15 is 0 Å². The summed E-state index contributed by atoms with van der Waals surface area (Å²) in [6.07, 6.45) is 2.66. The Morgan fingerprint density at radius 1 is 1.20 bits per heavy atom. The van der Waals surface area contributed by atoms with Gasteiger partial charge in [-0.25, -0.2) is 4.98 Å². The average Bonchev–Trinajstić information content (AvgIpc) is 2.48. The van der Waals surface area contributed by atoms with E-state index in [2.05, 4.69) is 4.98 Å². The first kappa shape index (κ1) is 15.5. The number of benzene rings is 1. The molecule has 1 heterocycles. The van der Waals surface area contributed by atoms with E-state index in [0.717, 1.165) is 23.2 Å². The first-order chi connectivity index (χ1) is 9.62. The van der Waals surface area contributed by atoms with Crippen LogP contribution in [0.5, 0.6) is 5.75 Å². The second-order valence-corrected chi connectivity index (χ2v) is 9.71. The van der Waals surface area contributed by atoms with Crippen LogP contribution in [0.15, 0.2) is 48.7 Å². The van der Waals surface area contributed by atoms with Gasteiger partial charge in [0.1, 0.15) is 5.75 Å². The molecule has 0 spiro atoms. The van der Waals surface area contributed by atoms with Crippen molar-refractivity contribution in [1.29, 1.82) is 0 Å². The summed E-state index contributed by atoms with van der Waals surface area (Å²) in [7, 11) is 1.63. The van der Waals surface area contributed by atoms with E-state index in [0.29, 0.717) is 6.61 Å². The predicted octanol–water partition coefficient (Wildman–Crippen LogP) is 2.25. The van der Waals surface area contributed by atoms with Gasteiger partial charge in [-0.2, -0.15) is 0 Å². The van der Waals surface area contributed by atoms with Gasteiger partial charge in [0, 0.05) is 12.1 Å². The Morgan fingerprint density at radius 2 is 1.95 bits per heavy atom. The van der Waals surface area contributed by atoms with E-state index < -0.39 is 5.47 Å². The fourth-order valence-corrected chi connectivity index (χ4v) is 3.87. The van der Waals surface area contributed by atoms with Gasteiger partial charge >= 0.3 is 0 Å². The summed E-state index contributed by atoms with van der Waals surface area (Å²) in [6, 6.07) is 13.4. The minimum atomic E-state index is -2.36. The lowest BCUT2D eigenvalue weighted by Gasteiger charge is -2.28. The van der Waals surface area contributed by atoms with Crippen LogP contribution in [0.1, 0.15) is 5.69 Å². The number of nitrogens with one attached hydrogen (secondary N) is 1. The molecular weight excluding hydrogens is 309 g/mol. The van der Waals surface area contributed by atoms with E-state index in [4.69, 9.17) is 33.3 Å². The quantitative estimate of drug-likeness (QED) is 0.602. The standard InChI is InChI=1S/C14H16NO2PS2/c1-16-13-5-7-14(8-6-13)18(19,20)17-11-9-12-4-2-3-10-15-12/h2-8,10H,9,11H2,1H3,(H,19,20). The third-order valence-electron chi connectivity index (χ3n) is 2.79. The number of H-pyrrole nitrogens is 1. The Labute approximate surface area is 129 Å². The second kappa shape index (κ2) is 7.23. The number of pyridine rings is 1. The normalized spacial score (nSPS) is 13.7. The average molecular weight is 325 g/mol. The van der Waals surface area contributed by atoms with E-state index in [1.165, 1.54) is 0 Å². The highest BCUT2D eigenvalue weighted by atomic mass is 32.9. The minimum absolute atomic E-state index is 0.521. The van der Waals surface area contributed by atoms with Crippen molar-refractivity contribution in [2.75, 3.05) is 13.7 Å². The molecule has 2 aromatic rings. The monoisotopic (exact) mass is 325 g/mol. The number of aromatic amines is 1. The van der Waals surface area contributed by atoms with Crippen LogP contribution in [-0.4, -0.2) is 13.7 Å². The van der Waals surface area contributed by atoms with E-state index in [9.17, 15) is 0 Å². The minimum Gasteiger partial charge on any atom is -0.715 e. The Morgan fingerprint density at radius 3 is 2.55 bits per heavy atom. The predicted molar refractivity (Wildman–Crippen MR) is 86.9 cm³/mol. The zero-order valence-corrected chi connectivity index (χ0v) is 13.6. The summed E-state index contributed by atoms with van der Waals surface area (Å²) < 4.78 is 10.9. The third-order valence-corrected chi connectivity index (χ3v) is 6.15. The fraction of sp³-hybridized carbons (Fsp3) is 0.214. The summed E-state index contributed by atoms with van der Waals surface area (Å²) in [4.78, 5) is 3.16. The van der Waals surface area contributed by atoms with E-state index in [-0.39, 0.29) is 0 Å². The van der Waals surface area contributed by atoms with Gasteiger partial charge in [-0.15, -0.1) is 0 Å². The van der Waals surface area contributed by atoms with Gasteiger partial charge in [-0.3, -0.25) is 0 Å². The SMILES string of the molecule is COc1ccc(P(=S)([S-])OCCc2cccc[nH+]2)cc1. The molecule has 0 amide bonds. The molecule has 1 atom stereocenters. The van der Waals surface area contributed by atoms with Crippen molar-refractivity contribution in [2.24, 2.45) is 0 Å². The summed E-state index contributed by atoms with van der Waals surface area (Å²) in [5.41, 5.74) is -1.26. The molecule has 0 saturated carbocycles. The Hall–Kier alpha value is -0.870. The van der Waals surface area contributed by atoms with Crippen molar-refractivity contribution in [3.8, 4) is 5.75 Å². The van der Waals surface area contributed by atoms with Gasteiger partial charge < -0.3 is 21.5 Å². The molecule has 20 heavy (non-hydrogen) atoms. The van der Waals surface area contributed by atoms with Crippen molar-refractivity contribution >= 4 is 34.8 Å². The Bertz CT molecular complexity index is 590. The first-order valence-corrected chi connectivity index (χ1v) is 9.91. The molecular formula is C14H16NO2PS2. The molecule has 0 aliphatic rings. The molecule has 1 N–H and O–H groups in total. The number of hydrogen-bond donors (Lipinski definition) is 0. The van der Waals surface area contributed by atoms with Crippen LogP contribution in [0.4, 0.5) is 0 Å². The Balaban J connectivity index is 1.94. The third kappa shape index (κ3) is 4.32. The van der Waals surface area contributed by atoms with Crippen LogP contribution in [0, 0.1) is 0 Å². The number of methoxy groups -OCH3 is 1. The van der Waals surface area contributed by atoms with Crippen LogP contribution in [-0.2, 0) is 35.0 Å². The Kier molecular flexibility index (Phi) is 5.61. The van der Waals surface area contributed by atoms with Crippen molar-refractivity contribution in [2.45, 2.75) is 6.42 Å². The number of aromatic nitrogens is 1. The highest BCUT2D eigenvalue weighted by Crippen LogP contribution is 2.43. The van der Waals surface area contributed by atoms with Gasteiger partial charge in [-0.1, -0.05) is 17.9 Å². The maximum atomic E-state index is 5.77. The zero-order chi connectivity index (χ0) is 14.4. The van der Waals surface area contributed by atoms with Crippen LogP contribution in [0.25, 0.3) is 0 Å². The maximum absolute atomic E-state index is 5.77. The first-order valence-electron chi connectivity index (χ1n) is 6.17. The molecule has 0 bridgehead atoms. The summed E-state index contributed by atoms with van der Waals surface area (Å²) in [5, 5.41) is 0.889. The molecule has 3 nitrogen and oxygen atoms in total. The number of hydrogen-bond acceptors (Lipinski definition) is 4. The summed E-state index contributed by atoms with van der Waals surface area (Å²) >= 11 is 10.9. The molecule has 106 valence electrons. The lowest BCUT2D eigenvalue weighted by atomic mass is 10.3. The smallest absolute Gasteiger partial charge is 0.181 e. The molecule has 6 heteroatoms. The van der Waals surface area contributed by atoms with E-state index in [1.807, 2.05) is 48.7 Å². The molecule has 0 saturated heterocycles. The fourth-order valence-electron chi connectivity index (χ4n) is 1.70. The van der Waals surface area contributed by atoms with Crippen LogP contribution in [0.3, 0.4) is 0 Å². The molecule has 0 aliphatic carbocycles. The second-order valence-electron chi connectivity index (χ2n) is 4.17. The van der Waals surface area contributed by atoms with E-state index in [1.54, 1.807) is 7.11 Å². The molecule has 0 radical (unpaired) electrons. The topological polar surface area (TPSA) is 32.6 Å². The van der Waals surface area contributed by atoms with Crippen LogP contribution < -0.4 is 15.0 Å². The highest BCUT2D eigenvalue weighted by Gasteiger charge is 2.07. The summed E-state index contributed by atoms with van der Waals surface area (Å²) in [5.74, 6) is 0.789. The molecule has 1 aromatic carbocycles. The lowest BCUT2D eigenvalue weighted by molar-refractivity contribution is -0.390. The molecule has 1 aromatic heterocycles. The van der Waals surface area contributed by atoms with Crippen molar-refractivity contribution in [1.82, 2.24) is 0 Å². The van der Waals surface area contributed by atoms with Gasteiger partial charge in [0.2, 0.25) is 0 Å². The summed E-state index contributed by atoms with van der Waals surface area (Å²) in [6.45, 7) is 0.521. The number of rotatable bonds is 6. The van der Waals surface area contributed by atoms with Crippen LogP contribution in [0.2, 0.25) is 0 Å². The molecule has 2 rings (SSSR count). The van der Waals surface area contributed by atoms with Gasteiger partial charge in [-0.05, 0) is 35.0 Å². The van der Waals surface area contributed by atoms with Crippen molar-refractivity contribution < 1.29 is 14.2 Å². The van der Waals surface area contributed by atoms with Gasteiger partial charge in [0.15, 0.2) is 11.9 Å². The molecule has 1 unspecified atom stereocenters. The van der Waals surface area contributed by atoms with Gasteiger partial charge in [0.25, 0.3) is 0 Å². The zero-order valence-electron chi connectivity index (χ0n) is 11.1. The maximum Gasteiger partial charge on any atom is 0.181 e. The highest BCUT2D eigenvalue weighted by molar-refractivity contribution is 8.56. The van der Waals surface area contributed by atoms with Crippen molar-refractivity contribution in [3.05, 3.63) is 54.4 Å². The molecule has 0 fully saturated rings. The van der Waals surface area contributed by atoms with Crippen LogP contribution >= 0.6 is 5.47 Å². The van der Waals surface area contributed by atoms with Gasteiger partial charge in [0.05, 0.1) is 20.1 Å².